The lowest BCUT2D eigenvalue weighted by atomic mass is 10.0. The average molecular weight is 631 g/mol. The molecule has 0 radical (unpaired) electrons. The number of ether oxygens (including phenoxy) is 1. The monoisotopic (exact) mass is 629 g/mol. The molecule has 0 bridgehead atoms. The highest BCUT2D eigenvalue weighted by atomic mass is 79.9. The molecule has 0 unspecified atom stereocenters. The maximum Gasteiger partial charge on any atom is 0.243 e. The minimum atomic E-state index is -3.64. The van der Waals surface area contributed by atoms with E-state index in [0.29, 0.717) is 24.4 Å². The summed E-state index contributed by atoms with van der Waals surface area (Å²) in [6.45, 7) is 2.59. The number of likely N-dealkylation sites (N-methyl/N-ethyl adjacent to an activating group) is 1. The molecule has 3 rings (SSSR count). The van der Waals surface area contributed by atoms with Crippen molar-refractivity contribution in [2.24, 2.45) is 0 Å². The van der Waals surface area contributed by atoms with Gasteiger partial charge in [-0.05, 0) is 48.7 Å². The third kappa shape index (κ3) is 8.82. The van der Waals surface area contributed by atoms with Crippen LogP contribution in [-0.4, -0.2) is 57.6 Å². The van der Waals surface area contributed by atoms with Gasteiger partial charge >= 0.3 is 0 Å². The van der Waals surface area contributed by atoms with Crippen molar-refractivity contribution < 1.29 is 22.7 Å². The smallest absolute Gasteiger partial charge is 0.243 e. The molecular formula is C30H36BrN3O5S. The van der Waals surface area contributed by atoms with Crippen molar-refractivity contribution in [1.82, 2.24) is 10.2 Å². The van der Waals surface area contributed by atoms with Crippen LogP contribution in [0.2, 0.25) is 0 Å². The molecule has 1 N–H and O–H groups in total. The van der Waals surface area contributed by atoms with E-state index in [1.165, 1.54) is 11.4 Å². The standard InChI is InChI=1S/C30H36BrN3O5S/c1-4-32-30(36)27(21-23-12-6-5-7-13-23)33(22-24-14-10-15-25(31)20-24)29(35)18-11-19-34(40(3,37)38)26-16-8-9-17-28(26)39-2/h5-10,12-17,20,27H,4,11,18-19,21-22H2,1-3H3,(H,32,36)/t27-/m0/s1. The van der Waals surface area contributed by atoms with Crippen molar-refractivity contribution in [3.05, 3.63) is 94.5 Å². The Morgan fingerprint density at radius 3 is 2.30 bits per heavy atom. The number of para-hydroxylation sites is 2. The van der Waals surface area contributed by atoms with Crippen LogP contribution in [0.3, 0.4) is 0 Å². The zero-order valence-electron chi connectivity index (χ0n) is 23.0. The van der Waals surface area contributed by atoms with Crippen LogP contribution in [0.25, 0.3) is 0 Å². The first kappa shape index (κ1) is 31.2. The van der Waals surface area contributed by atoms with E-state index >= 15 is 0 Å². The van der Waals surface area contributed by atoms with Crippen LogP contribution < -0.4 is 14.4 Å². The second-order valence-electron chi connectivity index (χ2n) is 9.36. The van der Waals surface area contributed by atoms with E-state index in [1.54, 1.807) is 29.2 Å². The molecule has 40 heavy (non-hydrogen) atoms. The van der Waals surface area contributed by atoms with Gasteiger partial charge in [-0.15, -0.1) is 0 Å². The highest BCUT2D eigenvalue weighted by Gasteiger charge is 2.30. The molecule has 0 saturated carbocycles. The number of rotatable bonds is 14. The van der Waals surface area contributed by atoms with Gasteiger partial charge in [0.05, 0.1) is 19.1 Å². The molecule has 1 atom stereocenters. The second kappa shape index (κ2) is 14.9. The van der Waals surface area contributed by atoms with E-state index in [9.17, 15) is 18.0 Å². The maximum absolute atomic E-state index is 13.8. The molecule has 0 fully saturated rings. The summed E-state index contributed by atoms with van der Waals surface area (Å²) in [5.41, 5.74) is 2.22. The van der Waals surface area contributed by atoms with Gasteiger partial charge in [-0.25, -0.2) is 8.42 Å². The summed E-state index contributed by atoms with van der Waals surface area (Å²) >= 11 is 3.49. The van der Waals surface area contributed by atoms with E-state index < -0.39 is 16.1 Å². The lowest BCUT2D eigenvalue weighted by Crippen LogP contribution is -2.50. The first-order chi connectivity index (χ1) is 19.1. The molecule has 10 heteroatoms. The number of anilines is 1. The van der Waals surface area contributed by atoms with E-state index in [1.807, 2.05) is 61.5 Å². The summed E-state index contributed by atoms with van der Waals surface area (Å²) in [6.07, 6.45) is 1.79. The summed E-state index contributed by atoms with van der Waals surface area (Å²) in [4.78, 5) is 28.7. The Hall–Kier alpha value is -3.37. The van der Waals surface area contributed by atoms with Gasteiger partial charge in [0, 0.05) is 36.9 Å². The molecule has 0 saturated heterocycles. The van der Waals surface area contributed by atoms with Gasteiger partial charge in [0.2, 0.25) is 21.8 Å². The van der Waals surface area contributed by atoms with Crippen molar-refractivity contribution in [1.29, 1.82) is 0 Å². The Bertz CT molecular complexity index is 1380. The molecule has 0 aliphatic heterocycles. The lowest BCUT2D eigenvalue weighted by Gasteiger charge is -2.32. The van der Waals surface area contributed by atoms with Gasteiger partial charge < -0.3 is 15.0 Å². The second-order valence-corrected chi connectivity index (χ2v) is 12.2. The molecular weight excluding hydrogens is 594 g/mol. The molecule has 0 spiro atoms. The van der Waals surface area contributed by atoms with Crippen LogP contribution in [0.1, 0.15) is 30.9 Å². The lowest BCUT2D eigenvalue weighted by molar-refractivity contribution is -0.141. The van der Waals surface area contributed by atoms with Crippen molar-refractivity contribution in [3.8, 4) is 5.75 Å². The van der Waals surface area contributed by atoms with Crippen LogP contribution >= 0.6 is 15.9 Å². The number of sulfonamides is 1. The number of benzene rings is 3. The summed E-state index contributed by atoms with van der Waals surface area (Å²) in [5.74, 6) is -0.0446. The van der Waals surface area contributed by atoms with Gasteiger partial charge in [-0.2, -0.15) is 0 Å². The first-order valence-corrected chi connectivity index (χ1v) is 15.7. The number of hydrogen-bond acceptors (Lipinski definition) is 5. The third-order valence-corrected chi connectivity index (χ3v) is 8.04. The predicted octanol–water partition coefficient (Wildman–Crippen LogP) is 4.78. The van der Waals surface area contributed by atoms with E-state index in [0.717, 1.165) is 21.9 Å². The Labute approximate surface area is 245 Å². The number of carbonyl (C=O) groups is 2. The maximum atomic E-state index is 13.8. The van der Waals surface area contributed by atoms with Crippen LogP contribution in [0.5, 0.6) is 5.75 Å². The van der Waals surface area contributed by atoms with Crippen molar-refractivity contribution >= 4 is 43.5 Å². The van der Waals surface area contributed by atoms with Crippen LogP contribution in [0.4, 0.5) is 5.69 Å². The third-order valence-electron chi connectivity index (χ3n) is 6.37. The Morgan fingerprint density at radius 2 is 1.65 bits per heavy atom. The molecule has 214 valence electrons. The fourth-order valence-electron chi connectivity index (χ4n) is 4.50. The van der Waals surface area contributed by atoms with Gasteiger partial charge in [0.15, 0.2) is 0 Å². The first-order valence-electron chi connectivity index (χ1n) is 13.1. The number of hydrogen-bond donors (Lipinski definition) is 1. The molecule has 3 aromatic carbocycles. The number of nitrogens with zero attached hydrogens (tertiary/aromatic N) is 2. The van der Waals surface area contributed by atoms with E-state index in [-0.39, 0.29) is 37.7 Å². The summed E-state index contributed by atoms with van der Waals surface area (Å²) in [5, 5.41) is 2.88. The zero-order chi connectivity index (χ0) is 29.1. The molecule has 0 aliphatic carbocycles. The van der Waals surface area contributed by atoms with Crippen molar-refractivity contribution in [3.63, 3.8) is 0 Å². The van der Waals surface area contributed by atoms with Crippen LogP contribution in [0, 0.1) is 0 Å². The normalized spacial score (nSPS) is 11.9. The Kier molecular flexibility index (Phi) is 11.6. The van der Waals surface area contributed by atoms with E-state index in [2.05, 4.69) is 21.2 Å². The van der Waals surface area contributed by atoms with E-state index in [4.69, 9.17) is 4.74 Å². The van der Waals surface area contributed by atoms with Crippen molar-refractivity contribution in [2.75, 3.05) is 30.8 Å². The molecule has 0 aromatic heterocycles. The largest absolute Gasteiger partial charge is 0.495 e. The number of amides is 2. The molecule has 0 aliphatic rings. The zero-order valence-corrected chi connectivity index (χ0v) is 25.4. The van der Waals surface area contributed by atoms with Crippen LogP contribution in [-0.2, 0) is 32.6 Å². The summed E-state index contributed by atoms with van der Waals surface area (Å²) in [7, 11) is -2.16. The number of halogens is 1. The predicted molar refractivity (Wildman–Crippen MR) is 162 cm³/mol. The highest BCUT2D eigenvalue weighted by Crippen LogP contribution is 2.30. The van der Waals surface area contributed by atoms with Crippen molar-refractivity contribution in [2.45, 2.75) is 38.8 Å². The Balaban J connectivity index is 1.88. The topological polar surface area (TPSA) is 96.0 Å². The minimum Gasteiger partial charge on any atom is -0.495 e. The quantitative estimate of drug-likeness (QED) is 0.277. The number of carbonyl (C=O) groups excluding carboxylic acids is 2. The SMILES string of the molecule is CCNC(=O)[C@H](Cc1ccccc1)N(Cc1cccc(Br)c1)C(=O)CCCN(c1ccccc1OC)S(C)(=O)=O. The highest BCUT2D eigenvalue weighted by molar-refractivity contribution is 9.10. The Morgan fingerprint density at radius 1 is 0.975 bits per heavy atom. The van der Waals surface area contributed by atoms with Gasteiger partial charge in [0.1, 0.15) is 11.8 Å². The molecule has 2 amide bonds. The summed E-state index contributed by atoms with van der Waals surface area (Å²) in [6, 6.07) is 23.3. The minimum absolute atomic E-state index is 0.0554. The average Bonchev–Trinajstić information content (AvgIpc) is 2.93. The molecule has 3 aromatic rings. The van der Waals surface area contributed by atoms with Gasteiger partial charge in [-0.3, -0.25) is 13.9 Å². The van der Waals surface area contributed by atoms with Gasteiger partial charge in [-0.1, -0.05) is 70.5 Å². The number of nitrogens with one attached hydrogen (secondary N) is 1. The fraction of sp³-hybridized carbons (Fsp3) is 0.333. The van der Waals surface area contributed by atoms with Gasteiger partial charge in [0.25, 0.3) is 0 Å². The summed E-state index contributed by atoms with van der Waals surface area (Å²) < 4.78 is 32.8. The molecule has 8 nitrogen and oxygen atoms in total. The molecule has 0 heterocycles. The fourth-order valence-corrected chi connectivity index (χ4v) is 5.91. The number of methoxy groups -OCH3 is 1. The van der Waals surface area contributed by atoms with Crippen LogP contribution in [0.15, 0.2) is 83.3 Å².